The molecule has 0 aliphatic carbocycles. The summed E-state index contributed by atoms with van der Waals surface area (Å²) in [5.74, 6) is -0.172. The van der Waals surface area contributed by atoms with Crippen molar-refractivity contribution in [2.75, 3.05) is 7.05 Å². The van der Waals surface area contributed by atoms with Crippen LogP contribution in [0.3, 0.4) is 0 Å². The monoisotopic (exact) mass is 334 g/mol. The van der Waals surface area contributed by atoms with Gasteiger partial charge in [0, 0.05) is 18.7 Å². The Labute approximate surface area is 140 Å². The summed E-state index contributed by atoms with van der Waals surface area (Å²) in [4.78, 5) is 26.0. The average molecular weight is 334 g/mol. The molecule has 1 saturated heterocycles. The Morgan fingerprint density at radius 2 is 2.05 bits per heavy atom. The molecule has 6 heteroatoms. The van der Waals surface area contributed by atoms with Gasteiger partial charge in [-0.3, -0.25) is 14.5 Å². The first kappa shape index (κ1) is 16.7. The van der Waals surface area contributed by atoms with Crippen LogP contribution < -0.4 is 5.32 Å². The van der Waals surface area contributed by atoms with Crippen molar-refractivity contribution in [2.24, 2.45) is 0 Å². The fraction of sp³-hybridized carbons (Fsp3) is 0.312. The first-order chi connectivity index (χ1) is 10.4. The number of thiocarbonyl (C=S) groups is 1. The zero-order valence-electron chi connectivity index (χ0n) is 12.8. The third kappa shape index (κ3) is 3.75. The van der Waals surface area contributed by atoms with E-state index in [1.165, 1.54) is 16.7 Å². The molecule has 1 atom stereocenters. The molecule has 1 heterocycles. The second-order valence-electron chi connectivity index (χ2n) is 5.15. The lowest BCUT2D eigenvalue weighted by atomic mass is 10.1. The molecule has 1 fully saturated rings. The van der Waals surface area contributed by atoms with Crippen LogP contribution in [0.15, 0.2) is 29.2 Å². The second-order valence-corrected chi connectivity index (χ2v) is 6.82. The van der Waals surface area contributed by atoms with Gasteiger partial charge < -0.3 is 5.32 Å². The van der Waals surface area contributed by atoms with E-state index in [-0.39, 0.29) is 17.9 Å². The van der Waals surface area contributed by atoms with Crippen LogP contribution in [0.25, 0.3) is 6.08 Å². The van der Waals surface area contributed by atoms with E-state index in [9.17, 15) is 9.59 Å². The minimum absolute atomic E-state index is 0.0826. The molecule has 0 spiro atoms. The third-order valence-corrected chi connectivity index (χ3v) is 4.93. The van der Waals surface area contributed by atoms with Gasteiger partial charge in [-0.05, 0) is 37.1 Å². The highest BCUT2D eigenvalue weighted by molar-refractivity contribution is 8.26. The molecule has 0 bridgehead atoms. The van der Waals surface area contributed by atoms with Gasteiger partial charge in [0.2, 0.25) is 0 Å². The van der Waals surface area contributed by atoms with Gasteiger partial charge in [0.1, 0.15) is 4.32 Å². The highest BCUT2D eigenvalue weighted by Gasteiger charge is 2.28. The van der Waals surface area contributed by atoms with Gasteiger partial charge in [-0.2, -0.15) is 0 Å². The molecule has 1 aromatic rings. The summed E-state index contributed by atoms with van der Waals surface area (Å²) < 4.78 is 0.556. The summed E-state index contributed by atoms with van der Waals surface area (Å²) in [5.41, 5.74) is 1.48. The Morgan fingerprint density at radius 3 is 2.55 bits per heavy atom. The van der Waals surface area contributed by atoms with E-state index in [4.69, 9.17) is 12.2 Å². The topological polar surface area (TPSA) is 49.4 Å². The fourth-order valence-electron chi connectivity index (χ4n) is 1.84. The zero-order chi connectivity index (χ0) is 16.3. The number of hydrogen-bond donors (Lipinski definition) is 1. The summed E-state index contributed by atoms with van der Waals surface area (Å²) in [7, 11) is 1.67. The van der Waals surface area contributed by atoms with Crippen molar-refractivity contribution in [3.63, 3.8) is 0 Å². The molecule has 0 radical (unpaired) electrons. The van der Waals surface area contributed by atoms with Gasteiger partial charge in [0.25, 0.3) is 11.8 Å². The van der Waals surface area contributed by atoms with Crippen LogP contribution >= 0.6 is 24.0 Å². The Bertz CT molecular complexity index is 638. The van der Waals surface area contributed by atoms with Crippen LogP contribution in [0.2, 0.25) is 0 Å². The first-order valence-corrected chi connectivity index (χ1v) is 8.27. The number of carbonyl (C=O) groups is 2. The van der Waals surface area contributed by atoms with Crippen molar-refractivity contribution in [1.82, 2.24) is 10.2 Å². The van der Waals surface area contributed by atoms with Crippen molar-refractivity contribution in [1.29, 1.82) is 0 Å². The second kappa shape index (κ2) is 7.07. The normalized spacial score (nSPS) is 18.0. The van der Waals surface area contributed by atoms with Crippen molar-refractivity contribution in [2.45, 2.75) is 26.3 Å². The van der Waals surface area contributed by atoms with E-state index < -0.39 is 0 Å². The number of hydrogen-bond acceptors (Lipinski definition) is 4. The minimum Gasteiger partial charge on any atom is -0.350 e. The number of benzene rings is 1. The molecule has 2 rings (SSSR count). The van der Waals surface area contributed by atoms with Crippen LogP contribution in [-0.2, 0) is 4.79 Å². The summed E-state index contributed by atoms with van der Waals surface area (Å²) in [5, 5.41) is 2.92. The van der Waals surface area contributed by atoms with E-state index >= 15 is 0 Å². The number of nitrogens with one attached hydrogen (secondary N) is 1. The molecular formula is C16H18N2O2S2. The van der Waals surface area contributed by atoms with Gasteiger partial charge in [0.05, 0.1) is 4.91 Å². The number of thioether (sulfide) groups is 1. The van der Waals surface area contributed by atoms with E-state index in [2.05, 4.69) is 5.32 Å². The lowest BCUT2D eigenvalue weighted by Crippen LogP contribution is -2.31. The van der Waals surface area contributed by atoms with Crippen molar-refractivity contribution < 1.29 is 9.59 Å². The molecule has 0 saturated carbocycles. The molecule has 1 aliphatic rings. The van der Waals surface area contributed by atoms with Crippen molar-refractivity contribution in [3.05, 3.63) is 40.3 Å². The predicted octanol–water partition coefficient (Wildman–Crippen LogP) is 3.05. The van der Waals surface area contributed by atoms with Crippen molar-refractivity contribution >= 4 is 46.2 Å². The van der Waals surface area contributed by atoms with Crippen LogP contribution in [0.1, 0.15) is 36.2 Å². The molecule has 2 amide bonds. The number of carbonyl (C=O) groups excluding carboxylic acids is 2. The summed E-state index contributed by atoms with van der Waals surface area (Å²) in [6, 6.07) is 7.33. The molecular weight excluding hydrogens is 316 g/mol. The molecule has 1 N–H and O–H groups in total. The lowest BCUT2D eigenvalue weighted by molar-refractivity contribution is -0.121. The average Bonchev–Trinajstić information content (AvgIpc) is 2.75. The third-order valence-electron chi connectivity index (χ3n) is 3.45. The molecule has 4 nitrogen and oxygen atoms in total. The molecule has 1 aromatic carbocycles. The zero-order valence-corrected chi connectivity index (χ0v) is 14.4. The number of amides is 2. The Morgan fingerprint density at radius 1 is 1.41 bits per heavy atom. The van der Waals surface area contributed by atoms with Gasteiger partial charge in [-0.15, -0.1) is 0 Å². The maximum absolute atomic E-state index is 12.0. The first-order valence-electron chi connectivity index (χ1n) is 7.05. The van der Waals surface area contributed by atoms with Gasteiger partial charge in [-0.1, -0.05) is 43.0 Å². The van der Waals surface area contributed by atoms with Crippen LogP contribution in [0.4, 0.5) is 0 Å². The number of nitrogens with zero attached hydrogens (tertiary/aromatic N) is 1. The Balaban J connectivity index is 2.11. The number of rotatable bonds is 4. The highest BCUT2D eigenvalue weighted by atomic mass is 32.2. The lowest BCUT2D eigenvalue weighted by Gasteiger charge is -2.11. The quantitative estimate of drug-likeness (QED) is 0.679. The smallest absolute Gasteiger partial charge is 0.265 e. The fourth-order valence-corrected chi connectivity index (χ4v) is 3.02. The molecule has 22 heavy (non-hydrogen) atoms. The van der Waals surface area contributed by atoms with E-state index in [1.807, 2.05) is 26.0 Å². The maximum Gasteiger partial charge on any atom is 0.265 e. The van der Waals surface area contributed by atoms with E-state index in [0.29, 0.717) is 14.8 Å². The molecule has 1 aliphatic heterocycles. The molecule has 1 unspecified atom stereocenters. The van der Waals surface area contributed by atoms with Crippen LogP contribution in [-0.4, -0.2) is 34.1 Å². The van der Waals surface area contributed by atoms with Crippen LogP contribution in [0, 0.1) is 0 Å². The largest absolute Gasteiger partial charge is 0.350 e. The van der Waals surface area contributed by atoms with Crippen LogP contribution in [0.5, 0.6) is 0 Å². The summed E-state index contributed by atoms with van der Waals surface area (Å²) in [6.07, 6.45) is 2.68. The summed E-state index contributed by atoms with van der Waals surface area (Å²) >= 11 is 6.38. The molecule has 116 valence electrons. The Hall–Kier alpha value is -1.66. The predicted molar refractivity (Wildman–Crippen MR) is 94.6 cm³/mol. The Kier molecular flexibility index (Phi) is 5.37. The highest BCUT2D eigenvalue weighted by Crippen LogP contribution is 2.31. The summed E-state index contributed by atoms with van der Waals surface area (Å²) in [6.45, 7) is 4.00. The molecule has 0 aromatic heterocycles. The van der Waals surface area contributed by atoms with Gasteiger partial charge >= 0.3 is 0 Å². The van der Waals surface area contributed by atoms with E-state index in [0.717, 1.165) is 12.0 Å². The maximum atomic E-state index is 12.0. The van der Waals surface area contributed by atoms with Gasteiger partial charge in [-0.25, -0.2) is 0 Å². The van der Waals surface area contributed by atoms with Crippen molar-refractivity contribution in [3.8, 4) is 0 Å². The standard InChI is InChI=1S/C16H18N2O2S2/c1-4-10(2)17-14(19)12-7-5-11(6-8-12)9-13-15(20)18(3)16(21)22-13/h5-10H,4H2,1-3H3,(H,17,19). The SMILES string of the molecule is CCC(C)NC(=O)c1ccc(C=C2SC(=S)N(C)C2=O)cc1. The number of likely N-dealkylation sites (N-methyl/N-ethyl adjacent to an activating group) is 1. The minimum atomic E-state index is -0.0893. The van der Waals surface area contributed by atoms with E-state index in [1.54, 1.807) is 25.3 Å². The van der Waals surface area contributed by atoms with Gasteiger partial charge in [0.15, 0.2) is 0 Å².